The Morgan fingerprint density at radius 2 is 1.93 bits per heavy atom. The summed E-state index contributed by atoms with van der Waals surface area (Å²) in [5, 5.41) is 0. The van der Waals surface area contributed by atoms with Gasteiger partial charge in [-0.1, -0.05) is 13.8 Å². The van der Waals surface area contributed by atoms with Gasteiger partial charge in [0.1, 0.15) is 6.10 Å². The Morgan fingerprint density at radius 3 is 2.43 bits per heavy atom. The first-order chi connectivity index (χ1) is 6.86. The zero-order valence-electron chi connectivity index (χ0n) is 9.16. The zero-order valence-corrected chi connectivity index (χ0v) is 9.16. The summed E-state index contributed by atoms with van der Waals surface area (Å²) in [6, 6.07) is 0. The van der Waals surface area contributed by atoms with E-state index in [1.54, 1.807) is 0 Å². The van der Waals surface area contributed by atoms with Crippen molar-refractivity contribution in [2.45, 2.75) is 39.7 Å². The van der Waals surface area contributed by atoms with Gasteiger partial charge in [0.2, 0.25) is 0 Å². The molecule has 0 aliphatic carbocycles. The maximum Gasteiger partial charge on any atom is 0.157 e. The third kappa shape index (κ3) is 2.77. The van der Waals surface area contributed by atoms with Crippen LogP contribution in [0.5, 0.6) is 0 Å². The third-order valence-electron chi connectivity index (χ3n) is 2.02. The lowest BCUT2D eigenvalue weighted by Crippen LogP contribution is -2.02. The monoisotopic (exact) mass is 194 g/mol. The lowest BCUT2D eigenvalue weighted by Gasteiger charge is -2.06. The molecule has 2 rings (SSSR count). The number of aromatic nitrogens is 2. The largest absolute Gasteiger partial charge is 0.370 e. The van der Waals surface area contributed by atoms with E-state index in [-0.39, 0.29) is 6.10 Å². The van der Waals surface area contributed by atoms with Gasteiger partial charge in [-0.05, 0) is 25.3 Å². The number of hydrogen-bond acceptors (Lipinski definition) is 3. The molecule has 0 amide bonds. The van der Waals surface area contributed by atoms with E-state index < -0.39 is 0 Å². The van der Waals surface area contributed by atoms with Crippen molar-refractivity contribution < 1.29 is 4.74 Å². The van der Waals surface area contributed by atoms with Gasteiger partial charge in [0.15, 0.2) is 5.82 Å². The molecule has 1 aliphatic rings. The van der Waals surface area contributed by atoms with Gasteiger partial charge < -0.3 is 4.74 Å². The van der Waals surface area contributed by atoms with E-state index >= 15 is 0 Å². The molecule has 0 N–H and O–H groups in total. The Hall–Kier alpha value is -0.960. The molecule has 1 aromatic heterocycles. The minimum absolute atomic E-state index is 0.144. The number of nitrogens with zero attached hydrogens (tertiary/aromatic N) is 2. The summed E-state index contributed by atoms with van der Waals surface area (Å²) in [5.74, 6) is 0.832. The number of rotatable bonds is 1. The predicted molar refractivity (Wildman–Crippen MR) is 56.0 cm³/mol. The summed E-state index contributed by atoms with van der Waals surface area (Å²) in [6.45, 7) is 6.83. The van der Waals surface area contributed by atoms with E-state index in [1.165, 1.54) is 0 Å². The lowest BCUT2D eigenvalue weighted by molar-refractivity contribution is 0.105. The van der Waals surface area contributed by atoms with Crippen LogP contribution in [-0.2, 0) is 4.74 Å². The van der Waals surface area contributed by atoms with E-state index in [4.69, 9.17) is 4.74 Å². The van der Waals surface area contributed by atoms with Gasteiger partial charge in [-0.3, -0.25) is 0 Å². The molecule has 0 radical (unpaired) electrons. The Kier molecular flexibility index (Phi) is 4.53. The standard InChI is InChI=1S/C9H12N2O.C2H6/c1-7-5-10-9(11-6-7)8-3-2-4-12-8;1-2/h5-6,8H,2-4H2,1H3;1-2H3. The highest BCUT2D eigenvalue weighted by Crippen LogP contribution is 2.25. The Morgan fingerprint density at radius 1 is 1.29 bits per heavy atom. The molecule has 1 saturated heterocycles. The molecule has 0 aromatic carbocycles. The minimum Gasteiger partial charge on any atom is -0.370 e. The molecule has 1 atom stereocenters. The van der Waals surface area contributed by atoms with E-state index in [2.05, 4.69) is 9.97 Å². The van der Waals surface area contributed by atoms with Crippen molar-refractivity contribution >= 4 is 0 Å². The summed E-state index contributed by atoms with van der Waals surface area (Å²) in [6.07, 6.45) is 6.00. The van der Waals surface area contributed by atoms with Gasteiger partial charge >= 0.3 is 0 Å². The van der Waals surface area contributed by atoms with Crippen LogP contribution in [0, 0.1) is 6.92 Å². The highest BCUT2D eigenvalue weighted by Gasteiger charge is 2.19. The van der Waals surface area contributed by atoms with Crippen LogP contribution in [0.1, 0.15) is 44.2 Å². The first-order valence-electron chi connectivity index (χ1n) is 5.26. The molecular formula is C11H18N2O. The predicted octanol–water partition coefficient (Wildman–Crippen LogP) is 2.66. The fourth-order valence-corrected chi connectivity index (χ4v) is 1.35. The van der Waals surface area contributed by atoms with Crippen LogP contribution >= 0.6 is 0 Å². The normalized spacial score (nSPS) is 20.1. The van der Waals surface area contributed by atoms with Crippen molar-refractivity contribution in [1.29, 1.82) is 0 Å². The van der Waals surface area contributed by atoms with Crippen molar-refractivity contribution in [2.24, 2.45) is 0 Å². The zero-order chi connectivity index (χ0) is 10.4. The van der Waals surface area contributed by atoms with Crippen LogP contribution in [0.4, 0.5) is 0 Å². The van der Waals surface area contributed by atoms with Gasteiger partial charge in [-0.15, -0.1) is 0 Å². The minimum atomic E-state index is 0.144. The fraction of sp³-hybridized carbons (Fsp3) is 0.636. The first-order valence-corrected chi connectivity index (χ1v) is 5.26. The molecule has 78 valence electrons. The Labute approximate surface area is 85.5 Å². The smallest absolute Gasteiger partial charge is 0.157 e. The van der Waals surface area contributed by atoms with Crippen molar-refractivity contribution in [1.82, 2.24) is 9.97 Å². The molecule has 0 spiro atoms. The van der Waals surface area contributed by atoms with Crippen LogP contribution in [0.15, 0.2) is 12.4 Å². The van der Waals surface area contributed by atoms with Crippen molar-refractivity contribution in [3.8, 4) is 0 Å². The average Bonchev–Trinajstić information content (AvgIpc) is 2.75. The van der Waals surface area contributed by atoms with Gasteiger partial charge in [0.25, 0.3) is 0 Å². The number of hydrogen-bond donors (Lipinski definition) is 0. The highest BCUT2D eigenvalue weighted by atomic mass is 16.5. The van der Waals surface area contributed by atoms with E-state index in [9.17, 15) is 0 Å². The summed E-state index contributed by atoms with van der Waals surface area (Å²) < 4.78 is 5.45. The van der Waals surface area contributed by atoms with Gasteiger partial charge in [0, 0.05) is 19.0 Å². The Bertz CT molecular complexity index is 252. The van der Waals surface area contributed by atoms with E-state index in [0.29, 0.717) is 0 Å². The first kappa shape index (κ1) is 11.1. The SMILES string of the molecule is CC.Cc1cnc(C2CCCO2)nc1. The number of ether oxygens (including phenoxy) is 1. The van der Waals surface area contributed by atoms with E-state index in [1.807, 2.05) is 33.2 Å². The van der Waals surface area contributed by atoms with Crippen LogP contribution in [0.25, 0.3) is 0 Å². The maximum absolute atomic E-state index is 5.45. The third-order valence-corrected chi connectivity index (χ3v) is 2.02. The molecule has 3 heteroatoms. The van der Waals surface area contributed by atoms with E-state index in [0.717, 1.165) is 30.8 Å². The molecule has 0 saturated carbocycles. The molecular weight excluding hydrogens is 176 g/mol. The molecule has 1 fully saturated rings. The summed E-state index contributed by atoms with van der Waals surface area (Å²) >= 11 is 0. The molecule has 2 heterocycles. The summed E-state index contributed by atoms with van der Waals surface area (Å²) in [4.78, 5) is 8.45. The molecule has 3 nitrogen and oxygen atoms in total. The quantitative estimate of drug-likeness (QED) is 0.689. The summed E-state index contributed by atoms with van der Waals surface area (Å²) in [7, 11) is 0. The number of aryl methyl sites for hydroxylation is 1. The topological polar surface area (TPSA) is 35.0 Å². The van der Waals surface area contributed by atoms with Gasteiger partial charge in [0.05, 0.1) is 0 Å². The van der Waals surface area contributed by atoms with Crippen LogP contribution in [0.2, 0.25) is 0 Å². The average molecular weight is 194 g/mol. The van der Waals surface area contributed by atoms with Crippen molar-refractivity contribution in [3.05, 3.63) is 23.8 Å². The Balaban J connectivity index is 0.000000461. The molecule has 1 aromatic rings. The molecule has 14 heavy (non-hydrogen) atoms. The lowest BCUT2D eigenvalue weighted by atomic mass is 10.2. The second kappa shape index (κ2) is 5.70. The van der Waals surface area contributed by atoms with Gasteiger partial charge in [-0.25, -0.2) is 9.97 Å². The molecule has 1 unspecified atom stereocenters. The molecule has 0 bridgehead atoms. The molecule has 1 aliphatic heterocycles. The van der Waals surface area contributed by atoms with Crippen LogP contribution in [-0.4, -0.2) is 16.6 Å². The van der Waals surface area contributed by atoms with Gasteiger partial charge in [-0.2, -0.15) is 0 Å². The highest BCUT2D eigenvalue weighted by molar-refractivity contribution is 5.03. The van der Waals surface area contributed by atoms with Crippen LogP contribution in [0.3, 0.4) is 0 Å². The van der Waals surface area contributed by atoms with Crippen LogP contribution < -0.4 is 0 Å². The van der Waals surface area contributed by atoms with Crippen molar-refractivity contribution in [2.75, 3.05) is 6.61 Å². The summed E-state index contributed by atoms with van der Waals surface area (Å²) in [5.41, 5.74) is 1.09. The fourth-order valence-electron chi connectivity index (χ4n) is 1.35. The maximum atomic E-state index is 5.45. The second-order valence-corrected chi connectivity index (χ2v) is 3.12. The van der Waals surface area contributed by atoms with Crippen molar-refractivity contribution in [3.63, 3.8) is 0 Å². The second-order valence-electron chi connectivity index (χ2n) is 3.12.